The molecule has 3 aromatic carbocycles. The summed E-state index contributed by atoms with van der Waals surface area (Å²) in [5, 5.41) is 7.75. The summed E-state index contributed by atoms with van der Waals surface area (Å²) in [6.07, 6.45) is 0.132. The van der Waals surface area contributed by atoms with E-state index in [1.54, 1.807) is 0 Å². The first-order valence-electron chi connectivity index (χ1n) is 9.92. The van der Waals surface area contributed by atoms with Gasteiger partial charge in [-0.1, -0.05) is 54.6 Å². The minimum atomic E-state index is -0.171. The quantitative estimate of drug-likeness (QED) is 0.369. The average molecular weight is 426 g/mol. The predicted octanol–water partition coefficient (Wildman–Crippen LogP) is 6.11. The van der Waals surface area contributed by atoms with E-state index in [2.05, 4.69) is 39.6 Å². The Hall–Kier alpha value is -3.77. The Morgan fingerprint density at radius 2 is 1.71 bits per heavy atom. The largest absolute Gasteiger partial charge is 0.441 e. The molecule has 5 nitrogen and oxygen atoms in total. The lowest BCUT2D eigenvalue weighted by molar-refractivity contribution is -0.115. The Labute approximate surface area is 183 Å². The van der Waals surface area contributed by atoms with E-state index in [-0.39, 0.29) is 12.3 Å². The van der Waals surface area contributed by atoms with Crippen LogP contribution in [-0.4, -0.2) is 15.9 Å². The van der Waals surface area contributed by atoms with Crippen molar-refractivity contribution in [3.05, 3.63) is 89.6 Å². The summed E-state index contributed by atoms with van der Waals surface area (Å²) >= 11 is 1.41. The van der Waals surface area contributed by atoms with Crippen molar-refractivity contribution in [3.63, 3.8) is 0 Å². The number of aromatic nitrogens is 2. The standard InChI is InChI=1S/C25H19N3O2S/c1-16-21(26-24(30-16)18-8-3-2-4-9-18)14-23(29)28-25-27-22(15-31-25)20-12-11-17-7-5-6-10-19(17)13-20/h2-13,15H,14H2,1H3,(H,27,28,29). The molecule has 0 fully saturated rings. The first kappa shape index (κ1) is 19.2. The molecule has 2 aromatic heterocycles. The number of benzene rings is 3. The molecule has 152 valence electrons. The molecule has 0 saturated heterocycles. The number of fused-ring (bicyclic) bond motifs is 1. The summed E-state index contributed by atoms with van der Waals surface area (Å²) in [7, 11) is 0. The molecule has 6 heteroatoms. The first-order chi connectivity index (χ1) is 15.2. The molecule has 0 spiro atoms. The molecule has 5 rings (SSSR count). The smallest absolute Gasteiger partial charge is 0.232 e. The molecule has 1 amide bonds. The molecule has 5 aromatic rings. The van der Waals surface area contributed by atoms with Crippen LogP contribution in [0.25, 0.3) is 33.5 Å². The molecule has 1 N–H and O–H groups in total. The number of amides is 1. The van der Waals surface area contributed by atoms with Crippen LogP contribution in [0.5, 0.6) is 0 Å². The summed E-state index contributed by atoms with van der Waals surface area (Å²) in [6, 6.07) is 24.1. The summed E-state index contributed by atoms with van der Waals surface area (Å²) in [4.78, 5) is 21.7. The Balaban J connectivity index is 1.29. The van der Waals surface area contributed by atoms with Gasteiger partial charge in [-0.05, 0) is 35.9 Å². The fourth-order valence-corrected chi connectivity index (χ4v) is 4.16. The number of oxazole rings is 1. The third kappa shape index (κ3) is 4.11. The molecule has 0 saturated carbocycles. The number of nitrogens with one attached hydrogen (secondary N) is 1. The van der Waals surface area contributed by atoms with Gasteiger partial charge in [-0.2, -0.15) is 0 Å². The van der Waals surface area contributed by atoms with Gasteiger partial charge in [0.15, 0.2) is 5.13 Å². The van der Waals surface area contributed by atoms with Gasteiger partial charge in [-0.15, -0.1) is 11.3 Å². The molecule has 0 radical (unpaired) electrons. The van der Waals surface area contributed by atoms with Crippen LogP contribution in [0.15, 0.2) is 82.6 Å². The fraction of sp³-hybridized carbons (Fsp3) is 0.0800. The fourth-order valence-electron chi connectivity index (χ4n) is 3.42. The van der Waals surface area contributed by atoms with Crippen molar-refractivity contribution < 1.29 is 9.21 Å². The van der Waals surface area contributed by atoms with E-state index >= 15 is 0 Å². The highest BCUT2D eigenvalue weighted by Crippen LogP contribution is 2.28. The number of carbonyl (C=O) groups excluding carboxylic acids is 1. The van der Waals surface area contributed by atoms with Crippen molar-refractivity contribution in [2.24, 2.45) is 0 Å². The third-order valence-corrected chi connectivity index (χ3v) is 5.79. The molecule has 0 aliphatic rings. The first-order valence-corrected chi connectivity index (χ1v) is 10.8. The van der Waals surface area contributed by atoms with E-state index < -0.39 is 0 Å². The van der Waals surface area contributed by atoms with Crippen LogP contribution in [0.1, 0.15) is 11.5 Å². The van der Waals surface area contributed by atoms with E-state index in [1.165, 1.54) is 16.7 Å². The molecule has 0 aliphatic heterocycles. The zero-order valence-electron chi connectivity index (χ0n) is 16.8. The Bertz CT molecular complexity index is 1370. The van der Waals surface area contributed by atoms with Crippen LogP contribution in [0.2, 0.25) is 0 Å². The number of rotatable bonds is 5. The second-order valence-corrected chi connectivity index (χ2v) is 8.07. The molecule has 0 unspecified atom stereocenters. The van der Waals surface area contributed by atoms with Gasteiger partial charge in [-0.3, -0.25) is 4.79 Å². The maximum absolute atomic E-state index is 12.6. The minimum absolute atomic E-state index is 0.132. The molecule has 0 atom stereocenters. The Morgan fingerprint density at radius 3 is 2.55 bits per heavy atom. The number of anilines is 1. The molecule has 0 aliphatic carbocycles. The SMILES string of the molecule is Cc1oc(-c2ccccc2)nc1CC(=O)Nc1nc(-c2ccc3ccccc3c2)cs1. The molecule has 31 heavy (non-hydrogen) atoms. The van der Waals surface area contributed by atoms with Gasteiger partial charge in [0.05, 0.1) is 17.8 Å². The van der Waals surface area contributed by atoms with Gasteiger partial charge in [0, 0.05) is 16.5 Å². The minimum Gasteiger partial charge on any atom is -0.441 e. The van der Waals surface area contributed by atoms with Gasteiger partial charge in [0.25, 0.3) is 0 Å². The van der Waals surface area contributed by atoms with E-state index in [9.17, 15) is 4.79 Å². The van der Waals surface area contributed by atoms with Crippen LogP contribution in [0.3, 0.4) is 0 Å². The number of aryl methyl sites for hydroxylation is 1. The zero-order valence-corrected chi connectivity index (χ0v) is 17.6. The van der Waals surface area contributed by atoms with Crippen LogP contribution in [0.4, 0.5) is 5.13 Å². The van der Waals surface area contributed by atoms with Crippen LogP contribution in [-0.2, 0) is 11.2 Å². The van der Waals surface area contributed by atoms with E-state index in [1.807, 2.05) is 60.8 Å². The third-order valence-electron chi connectivity index (χ3n) is 5.04. The highest BCUT2D eigenvalue weighted by molar-refractivity contribution is 7.14. The summed E-state index contributed by atoms with van der Waals surface area (Å²) in [6.45, 7) is 1.82. The lowest BCUT2D eigenvalue weighted by Gasteiger charge is -2.01. The second-order valence-electron chi connectivity index (χ2n) is 7.21. The number of carbonyl (C=O) groups is 1. The number of nitrogens with zero attached hydrogens (tertiary/aromatic N) is 2. The Kier molecular flexibility index (Phi) is 5.06. The van der Waals surface area contributed by atoms with Crippen molar-refractivity contribution in [2.75, 3.05) is 5.32 Å². The van der Waals surface area contributed by atoms with Gasteiger partial charge < -0.3 is 9.73 Å². The summed E-state index contributed by atoms with van der Waals surface area (Å²) < 4.78 is 5.74. The monoisotopic (exact) mass is 425 g/mol. The van der Waals surface area contributed by atoms with Crippen LogP contribution < -0.4 is 5.32 Å². The number of hydrogen-bond acceptors (Lipinski definition) is 5. The van der Waals surface area contributed by atoms with E-state index in [0.29, 0.717) is 22.5 Å². The van der Waals surface area contributed by atoms with Crippen molar-refractivity contribution in [1.82, 2.24) is 9.97 Å². The maximum atomic E-state index is 12.6. The lowest BCUT2D eigenvalue weighted by atomic mass is 10.1. The molecule has 0 bridgehead atoms. The average Bonchev–Trinajstić information content (AvgIpc) is 3.41. The zero-order chi connectivity index (χ0) is 21.2. The van der Waals surface area contributed by atoms with E-state index in [4.69, 9.17) is 4.42 Å². The summed E-state index contributed by atoms with van der Waals surface area (Å²) in [5.74, 6) is 0.995. The van der Waals surface area contributed by atoms with Crippen LogP contribution >= 0.6 is 11.3 Å². The lowest BCUT2D eigenvalue weighted by Crippen LogP contribution is -2.15. The van der Waals surface area contributed by atoms with Gasteiger partial charge in [0.1, 0.15) is 5.76 Å². The number of hydrogen-bond donors (Lipinski definition) is 1. The van der Waals surface area contributed by atoms with Crippen molar-refractivity contribution in [3.8, 4) is 22.7 Å². The highest BCUT2D eigenvalue weighted by Gasteiger charge is 2.16. The van der Waals surface area contributed by atoms with Gasteiger partial charge in [0.2, 0.25) is 11.8 Å². The maximum Gasteiger partial charge on any atom is 0.232 e. The van der Waals surface area contributed by atoms with Crippen molar-refractivity contribution in [1.29, 1.82) is 0 Å². The van der Waals surface area contributed by atoms with E-state index in [0.717, 1.165) is 22.2 Å². The van der Waals surface area contributed by atoms with Crippen LogP contribution in [0, 0.1) is 6.92 Å². The predicted molar refractivity (Wildman–Crippen MR) is 124 cm³/mol. The second kappa shape index (κ2) is 8.16. The number of thiazole rings is 1. The molecular weight excluding hydrogens is 406 g/mol. The highest BCUT2D eigenvalue weighted by atomic mass is 32.1. The molecule has 2 heterocycles. The van der Waals surface area contributed by atoms with Crippen molar-refractivity contribution in [2.45, 2.75) is 13.3 Å². The topological polar surface area (TPSA) is 68.0 Å². The summed E-state index contributed by atoms with van der Waals surface area (Å²) in [5.41, 5.74) is 3.38. The normalized spacial score (nSPS) is 11.0. The van der Waals surface area contributed by atoms with Gasteiger partial charge >= 0.3 is 0 Å². The Morgan fingerprint density at radius 1 is 0.935 bits per heavy atom. The molecular formula is C25H19N3O2S. The van der Waals surface area contributed by atoms with Crippen molar-refractivity contribution >= 4 is 33.1 Å². The van der Waals surface area contributed by atoms with Gasteiger partial charge in [-0.25, -0.2) is 9.97 Å².